The summed E-state index contributed by atoms with van der Waals surface area (Å²) in [5.41, 5.74) is 1.48. The number of ether oxygens (including phenoxy) is 1. The Hall–Kier alpha value is -2.78. The number of anilines is 1. The molecule has 0 saturated heterocycles. The van der Waals surface area contributed by atoms with E-state index >= 15 is 0 Å². The van der Waals surface area contributed by atoms with Crippen LogP contribution < -0.4 is 10.1 Å². The molecule has 0 spiro atoms. The van der Waals surface area contributed by atoms with Gasteiger partial charge in [-0.1, -0.05) is 40.2 Å². The van der Waals surface area contributed by atoms with Gasteiger partial charge < -0.3 is 4.74 Å². The highest BCUT2D eigenvalue weighted by molar-refractivity contribution is 9.10. The molecule has 0 bridgehead atoms. The van der Waals surface area contributed by atoms with Crippen molar-refractivity contribution in [2.24, 2.45) is 0 Å². The number of para-hydroxylation sites is 2. The van der Waals surface area contributed by atoms with Crippen LogP contribution >= 0.6 is 27.3 Å². The summed E-state index contributed by atoms with van der Waals surface area (Å²) in [5.74, 6) is -0.403. The van der Waals surface area contributed by atoms with Crippen molar-refractivity contribution in [2.75, 3.05) is 11.9 Å². The first kappa shape index (κ1) is 18.0. The molecular weight excluding hydrogens is 422 g/mol. The molecule has 26 heavy (non-hydrogen) atoms. The highest BCUT2D eigenvalue weighted by Crippen LogP contribution is 2.27. The lowest BCUT2D eigenvalue weighted by Crippen LogP contribution is -2.20. The molecule has 2 aromatic carbocycles. The molecule has 1 N–H and O–H groups in total. The monoisotopic (exact) mass is 433 g/mol. The van der Waals surface area contributed by atoms with Crippen LogP contribution in [0.4, 0.5) is 10.8 Å². The van der Waals surface area contributed by atoms with Gasteiger partial charge in [0.05, 0.1) is 10.6 Å². The minimum absolute atomic E-state index is 0.0432. The van der Waals surface area contributed by atoms with Crippen LogP contribution in [-0.4, -0.2) is 22.4 Å². The topological polar surface area (TPSA) is 94.4 Å². The fourth-order valence-corrected chi connectivity index (χ4v) is 3.28. The zero-order valence-corrected chi connectivity index (χ0v) is 15.6. The number of aromatic nitrogens is 1. The van der Waals surface area contributed by atoms with Crippen molar-refractivity contribution in [3.8, 4) is 17.0 Å². The molecule has 0 aliphatic rings. The number of halogens is 1. The Morgan fingerprint density at radius 2 is 2.08 bits per heavy atom. The first-order chi connectivity index (χ1) is 12.5. The van der Waals surface area contributed by atoms with Crippen LogP contribution in [0.5, 0.6) is 5.75 Å². The predicted octanol–water partition coefficient (Wildman–Crippen LogP) is 4.50. The maximum atomic E-state index is 12.0. The van der Waals surface area contributed by atoms with E-state index in [0.717, 1.165) is 15.7 Å². The normalized spacial score (nSPS) is 10.3. The molecule has 1 aromatic heterocycles. The lowest BCUT2D eigenvalue weighted by atomic mass is 10.2. The van der Waals surface area contributed by atoms with Crippen molar-refractivity contribution in [3.05, 3.63) is 68.5 Å². The van der Waals surface area contributed by atoms with Crippen LogP contribution in [0.2, 0.25) is 0 Å². The second kappa shape index (κ2) is 8.07. The van der Waals surface area contributed by atoms with Gasteiger partial charge in [-0.2, -0.15) is 0 Å². The number of hydrogen-bond acceptors (Lipinski definition) is 6. The van der Waals surface area contributed by atoms with Gasteiger partial charge in [0.2, 0.25) is 0 Å². The first-order valence-electron chi connectivity index (χ1n) is 7.40. The maximum absolute atomic E-state index is 12.0. The lowest BCUT2D eigenvalue weighted by molar-refractivity contribution is -0.385. The number of carbonyl (C=O) groups is 1. The fourth-order valence-electron chi connectivity index (χ4n) is 2.14. The average Bonchev–Trinajstić information content (AvgIpc) is 3.08. The van der Waals surface area contributed by atoms with Crippen molar-refractivity contribution in [1.82, 2.24) is 4.98 Å². The van der Waals surface area contributed by atoms with E-state index in [-0.39, 0.29) is 18.0 Å². The Bertz CT molecular complexity index is 960. The van der Waals surface area contributed by atoms with Gasteiger partial charge in [0, 0.05) is 21.5 Å². The number of rotatable bonds is 6. The van der Waals surface area contributed by atoms with Crippen molar-refractivity contribution in [2.45, 2.75) is 0 Å². The van der Waals surface area contributed by atoms with Crippen LogP contribution in [0.25, 0.3) is 11.3 Å². The van der Waals surface area contributed by atoms with E-state index in [4.69, 9.17) is 4.74 Å². The number of thiazole rings is 1. The lowest BCUT2D eigenvalue weighted by Gasteiger charge is -2.06. The maximum Gasteiger partial charge on any atom is 0.310 e. The van der Waals surface area contributed by atoms with Crippen LogP contribution in [0, 0.1) is 10.1 Å². The van der Waals surface area contributed by atoms with Gasteiger partial charge >= 0.3 is 5.69 Å². The van der Waals surface area contributed by atoms with Gasteiger partial charge in [-0.25, -0.2) is 4.98 Å². The van der Waals surface area contributed by atoms with Crippen LogP contribution in [0.3, 0.4) is 0 Å². The zero-order chi connectivity index (χ0) is 18.5. The number of hydrogen-bond donors (Lipinski definition) is 1. The molecule has 0 aliphatic heterocycles. The molecule has 0 radical (unpaired) electrons. The summed E-state index contributed by atoms with van der Waals surface area (Å²) in [7, 11) is 0. The third-order valence-corrected chi connectivity index (χ3v) is 4.54. The molecule has 9 heteroatoms. The van der Waals surface area contributed by atoms with Crippen molar-refractivity contribution in [1.29, 1.82) is 0 Å². The number of benzene rings is 2. The Morgan fingerprint density at radius 1 is 1.27 bits per heavy atom. The number of nitrogens with zero attached hydrogens (tertiary/aromatic N) is 2. The Labute approximate surface area is 160 Å². The van der Waals surface area contributed by atoms with E-state index in [1.54, 1.807) is 6.07 Å². The Kier molecular flexibility index (Phi) is 5.59. The summed E-state index contributed by atoms with van der Waals surface area (Å²) >= 11 is 4.69. The fraction of sp³-hybridized carbons (Fsp3) is 0.0588. The molecule has 3 aromatic rings. The molecule has 3 rings (SSSR count). The van der Waals surface area contributed by atoms with E-state index in [2.05, 4.69) is 26.2 Å². The third-order valence-electron chi connectivity index (χ3n) is 3.29. The molecular formula is C17H12BrN3O4S. The van der Waals surface area contributed by atoms with Gasteiger partial charge in [-0.3, -0.25) is 20.2 Å². The van der Waals surface area contributed by atoms with Gasteiger partial charge in [0.25, 0.3) is 5.91 Å². The number of nitrogens with one attached hydrogen (secondary N) is 1. The predicted molar refractivity (Wildman–Crippen MR) is 102 cm³/mol. The van der Waals surface area contributed by atoms with Gasteiger partial charge in [0.1, 0.15) is 0 Å². The average molecular weight is 434 g/mol. The van der Waals surface area contributed by atoms with Crippen LogP contribution in [0.1, 0.15) is 0 Å². The number of nitro groups is 1. The second-order valence-electron chi connectivity index (χ2n) is 5.11. The largest absolute Gasteiger partial charge is 0.477 e. The van der Waals surface area contributed by atoms with Crippen molar-refractivity contribution in [3.63, 3.8) is 0 Å². The van der Waals surface area contributed by atoms with E-state index in [1.807, 2.05) is 29.6 Å². The first-order valence-corrected chi connectivity index (χ1v) is 9.08. The second-order valence-corrected chi connectivity index (χ2v) is 6.88. The molecule has 0 aliphatic carbocycles. The molecule has 0 fully saturated rings. The molecule has 7 nitrogen and oxygen atoms in total. The standard InChI is InChI=1S/C17H12BrN3O4S/c18-12-5-3-4-11(8-12)13-10-26-17(19-13)20-16(22)9-25-15-7-2-1-6-14(15)21(23)24/h1-8,10H,9H2,(H,19,20,22). The molecule has 0 unspecified atom stereocenters. The highest BCUT2D eigenvalue weighted by Gasteiger charge is 2.15. The van der Waals surface area contributed by atoms with Gasteiger partial charge in [-0.05, 0) is 18.2 Å². The minimum Gasteiger partial charge on any atom is -0.477 e. The molecule has 0 saturated carbocycles. The van der Waals surface area contributed by atoms with E-state index in [0.29, 0.717) is 5.13 Å². The molecule has 132 valence electrons. The van der Waals surface area contributed by atoms with E-state index in [9.17, 15) is 14.9 Å². The van der Waals surface area contributed by atoms with Crippen molar-refractivity contribution >= 4 is 44.0 Å². The number of nitro benzene ring substituents is 1. The smallest absolute Gasteiger partial charge is 0.310 e. The molecule has 1 amide bonds. The number of amides is 1. The van der Waals surface area contributed by atoms with Crippen LogP contribution in [-0.2, 0) is 4.79 Å². The quantitative estimate of drug-likeness (QED) is 0.456. The molecule has 0 atom stereocenters. The summed E-state index contributed by atoms with van der Waals surface area (Å²) in [4.78, 5) is 26.8. The summed E-state index contributed by atoms with van der Waals surface area (Å²) in [6.45, 7) is -0.351. The van der Waals surface area contributed by atoms with E-state index < -0.39 is 10.8 Å². The minimum atomic E-state index is -0.557. The SMILES string of the molecule is O=C(COc1ccccc1[N+](=O)[O-])Nc1nc(-c2cccc(Br)c2)cs1. The van der Waals surface area contributed by atoms with E-state index in [1.165, 1.54) is 29.5 Å². The summed E-state index contributed by atoms with van der Waals surface area (Å²) in [6, 6.07) is 13.6. The van der Waals surface area contributed by atoms with Crippen LogP contribution in [0.15, 0.2) is 58.4 Å². The van der Waals surface area contributed by atoms with Gasteiger partial charge in [-0.15, -0.1) is 11.3 Å². The van der Waals surface area contributed by atoms with Gasteiger partial charge in [0.15, 0.2) is 17.5 Å². The third kappa shape index (κ3) is 4.44. The highest BCUT2D eigenvalue weighted by atomic mass is 79.9. The summed E-state index contributed by atoms with van der Waals surface area (Å²) < 4.78 is 6.19. The summed E-state index contributed by atoms with van der Waals surface area (Å²) in [5, 5.41) is 15.8. The molecule has 1 heterocycles. The Balaban J connectivity index is 1.62. The summed E-state index contributed by atoms with van der Waals surface area (Å²) in [6.07, 6.45) is 0. The zero-order valence-electron chi connectivity index (χ0n) is 13.2. The Morgan fingerprint density at radius 3 is 2.85 bits per heavy atom. The number of carbonyl (C=O) groups excluding carboxylic acids is 1. The van der Waals surface area contributed by atoms with Crippen molar-refractivity contribution < 1.29 is 14.5 Å².